The van der Waals surface area contributed by atoms with Crippen molar-refractivity contribution in [2.75, 3.05) is 6.61 Å². The highest BCUT2D eigenvalue weighted by atomic mass is 19.4. The van der Waals surface area contributed by atoms with Crippen molar-refractivity contribution in [3.05, 3.63) is 82.9 Å². The maximum atomic E-state index is 13.4. The predicted octanol–water partition coefficient (Wildman–Crippen LogP) is 3.78. The van der Waals surface area contributed by atoms with Crippen LogP contribution in [0.1, 0.15) is 28.3 Å². The van der Waals surface area contributed by atoms with Gasteiger partial charge in [0.1, 0.15) is 6.54 Å². The first-order valence-electron chi connectivity index (χ1n) is 11.1. The van der Waals surface area contributed by atoms with Gasteiger partial charge < -0.3 is 14.6 Å². The number of ether oxygens (including phenoxy) is 1. The lowest BCUT2D eigenvalue weighted by molar-refractivity contribution is -0.153. The quantitative estimate of drug-likeness (QED) is 0.373. The molecular weight excluding hydrogens is 475 g/mol. The minimum atomic E-state index is -4.75. The topological polar surface area (TPSA) is 91.0 Å². The Balaban J connectivity index is 1.34. The molecule has 4 rings (SSSR count). The molecule has 2 heterocycles. The number of para-hydroxylation sites is 2. The number of nitrogens with one attached hydrogen (secondary N) is 1. The van der Waals surface area contributed by atoms with E-state index in [2.05, 4.69) is 15.4 Å². The van der Waals surface area contributed by atoms with Crippen LogP contribution in [0.3, 0.4) is 0 Å². The molecule has 1 N–H and O–H groups in total. The number of fused-ring (bicyclic) bond motifs is 1. The second-order valence-corrected chi connectivity index (χ2v) is 8.24. The summed E-state index contributed by atoms with van der Waals surface area (Å²) >= 11 is 0. The van der Waals surface area contributed by atoms with E-state index >= 15 is 0 Å². The van der Waals surface area contributed by atoms with Gasteiger partial charge in [-0.3, -0.25) is 14.3 Å². The van der Waals surface area contributed by atoms with Gasteiger partial charge in [0.15, 0.2) is 6.61 Å². The monoisotopic (exact) mass is 499 g/mol. The Morgan fingerprint density at radius 1 is 1.03 bits per heavy atom. The minimum absolute atomic E-state index is 0.105. The van der Waals surface area contributed by atoms with E-state index in [9.17, 15) is 22.8 Å². The number of imidazole rings is 1. The Morgan fingerprint density at radius 2 is 1.72 bits per heavy atom. The fourth-order valence-electron chi connectivity index (χ4n) is 3.91. The van der Waals surface area contributed by atoms with Gasteiger partial charge >= 0.3 is 12.1 Å². The lowest BCUT2D eigenvalue weighted by Gasteiger charge is -2.11. The third-order valence-corrected chi connectivity index (χ3v) is 5.73. The molecular formula is C25H24F3N5O3. The van der Waals surface area contributed by atoms with Crippen LogP contribution in [0.15, 0.2) is 54.6 Å². The number of alkyl halides is 3. The highest BCUT2D eigenvalue weighted by molar-refractivity contribution is 5.82. The van der Waals surface area contributed by atoms with Crippen LogP contribution in [-0.4, -0.2) is 37.8 Å². The first-order valence-corrected chi connectivity index (χ1v) is 11.1. The van der Waals surface area contributed by atoms with E-state index in [-0.39, 0.29) is 17.6 Å². The third-order valence-electron chi connectivity index (χ3n) is 5.73. The number of hydrogen-bond acceptors (Lipinski definition) is 5. The smallest absolute Gasteiger partial charge is 0.449 e. The lowest BCUT2D eigenvalue weighted by Crippen LogP contribution is -2.30. The molecule has 188 valence electrons. The molecule has 0 aliphatic heterocycles. The van der Waals surface area contributed by atoms with Crippen molar-refractivity contribution >= 4 is 22.9 Å². The minimum Gasteiger partial charge on any atom is -0.454 e. The maximum Gasteiger partial charge on any atom is 0.449 e. The van der Waals surface area contributed by atoms with Crippen molar-refractivity contribution in [2.45, 2.75) is 39.7 Å². The number of hydrogen-bond donors (Lipinski definition) is 1. The molecule has 0 bridgehead atoms. The summed E-state index contributed by atoms with van der Waals surface area (Å²) in [6.45, 7) is 3.15. The SMILES string of the molecule is Cc1nn(Cc2ccccc2)c(C)c1CNC(=O)COC(=O)Cn1c(C(F)(F)F)nc2ccccc21. The largest absolute Gasteiger partial charge is 0.454 e. The molecule has 0 atom stereocenters. The molecule has 4 aromatic rings. The number of nitrogens with zero attached hydrogens (tertiary/aromatic N) is 4. The summed E-state index contributed by atoms with van der Waals surface area (Å²) in [7, 11) is 0. The molecule has 0 saturated carbocycles. The zero-order valence-electron chi connectivity index (χ0n) is 19.7. The van der Waals surface area contributed by atoms with Crippen molar-refractivity contribution in [1.29, 1.82) is 0 Å². The Bertz CT molecular complexity index is 1390. The average molecular weight is 499 g/mol. The van der Waals surface area contributed by atoms with Crippen LogP contribution in [0.2, 0.25) is 0 Å². The Labute approximate surface area is 204 Å². The first-order chi connectivity index (χ1) is 17.1. The van der Waals surface area contributed by atoms with Gasteiger partial charge in [-0.25, -0.2) is 4.98 Å². The molecule has 0 spiro atoms. The van der Waals surface area contributed by atoms with E-state index in [4.69, 9.17) is 4.74 Å². The van der Waals surface area contributed by atoms with Gasteiger partial charge in [-0.05, 0) is 31.5 Å². The van der Waals surface area contributed by atoms with Gasteiger partial charge in [-0.15, -0.1) is 0 Å². The highest BCUT2D eigenvalue weighted by Crippen LogP contribution is 2.31. The highest BCUT2D eigenvalue weighted by Gasteiger charge is 2.38. The summed E-state index contributed by atoms with van der Waals surface area (Å²) in [4.78, 5) is 28.1. The molecule has 0 aliphatic carbocycles. The van der Waals surface area contributed by atoms with Crippen LogP contribution in [0.4, 0.5) is 13.2 Å². The van der Waals surface area contributed by atoms with Crippen molar-refractivity contribution in [3.8, 4) is 0 Å². The third kappa shape index (κ3) is 5.56. The number of rotatable bonds is 8. The fraction of sp³-hybridized carbons (Fsp3) is 0.280. The van der Waals surface area contributed by atoms with Gasteiger partial charge in [0.05, 0.1) is 23.3 Å². The van der Waals surface area contributed by atoms with Crippen LogP contribution in [0.25, 0.3) is 11.0 Å². The Kier molecular flexibility index (Phi) is 7.09. The number of carbonyl (C=O) groups is 2. The van der Waals surface area contributed by atoms with E-state index < -0.39 is 37.0 Å². The molecule has 0 aliphatic rings. The van der Waals surface area contributed by atoms with Gasteiger partial charge in [0.2, 0.25) is 5.82 Å². The number of benzene rings is 2. The summed E-state index contributed by atoms with van der Waals surface area (Å²) in [5.74, 6) is -2.77. The summed E-state index contributed by atoms with van der Waals surface area (Å²) in [6.07, 6.45) is -4.75. The number of aromatic nitrogens is 4. The maximum absolute atomic E-state index is 13.4. The van der Waals surface area contributed by atoms with E-state index in [1.54, 1.807) is 12.1 Å². The number of esters is 1. The number of amides is 1. The zero-order chi connectivity index (χ0) is 25.9. The van der Waals surface area contributed by atoms with Gasteiger partial charge in [-0.2, -0.15) is 18.3 Å². The molecule has 8 nitrogen and oxygen atoms in total. The Morgan fingerprint density at radius 3 is 2.44 bits per heavy atom. The van der Waals surface area contributed by atoms with Gasteiger partial charge in [0.25, 0.3) is 5.91 Å². The van der Waals surface area contributed by atoms with Gasteiger partial charge in [-0.1, -0.05) is 42.5 Å². The van der Waals surface area contributed by atoms with Crippen LogP contribution in [-0.2, 0) is 40.1 Å². The number of aryl methyl sites for hydroxylation is 1. The first kappa shape index (κ1) is 25.0. The molecule has 0 radical (unpaired) electrons. The zero-order valence-corrected chi connectivity index (χ0v) is 19.7. The number of halogens is 3. The summed E-state index contributed by atoms with van der Waals surface area (Å²) in [5, 5.41) is 7.20. The summed E-state index contributed by atoms with van der Waals surface area (Å²) in [5.41, 5.74) is 3.82. The molecule has 1 amide bonds. The van der Waals surface area contributed by atoms with E-state index in [0.717, 1.165) is 27.1 Å². The fourth-order valence-corrected chi connectivity index (χ4v) is 3.91. The molecule has 2 aromatic heterocycles. The molecule has 2 aromatic carbocycles. The second kappa shape index (κ2) is 10.2. The second-order valence-electron chi connectivity index (χ2n) is 8.24. The molecule has 11 heteroatoms. The number of carbonyl (C=O) groups excluding carboxylic acids is 2. The van der Waals surface area contributed by atoms with Crippen molar-refractivity contribution in [1.82, 2.24) is 24.6 Å². The normalized spacial score (nSPS) is 11.6. The van der Waals surface area contributed by atoms with Crippen molar-refractivity contribution in [3.63, 3.8) is 0 Å². The van der Waals surface area contributed by atoms with Crippen molar-refractivity contribution in [2.24, 2.45) is 0 Å². The van der Waals surface area contributed by atoms with E-state index in [0.29, 0.717) is 6.54 Å². The van der Waals surface area contributed by atoms with E-state index in [1.165, 1.54) is 12.1 Å². The average Bonchev–Trinajstić information content (AvgIpc) is 3.34. The predicted molar refractivity (Wildman–Crippen MR) is 125 cm³/mol. The van der Waals surface area contributed by atoms with Crippen LogP contribution in [0, 0.1) is 13.8 Å². The Hall–Kier alpha value is -4.15. The molecule has 0 unspecified atom stereocenters. The molecule has 0 saturated heterocycles. The molecule has 0 fully saturated rings. The summed E-state index contributed by atoms with van der Waals surface area (Å²) in [6, 6.07) is 15.8. The summed E-state index contributed by atoms with van der Waals surface area (Å²) < 4.78 is 47.7. The van der Waals surface area contributed by atoms with Gasteiger partial charge in [0, 0.05) is 17.8 Å². The van der Waals surface area contributed by atoms with Crippen LogP contribution < -0.4 is 5.32 Å². The van der Waals surface area contributed by atoms with Crippen LogP contribution >= 0.6 is 0 Å². The molecule has 36 heavy (non-hydrogen) atoms. The lowest BCUT2D eigenvalue weighted by atomic mass is 10.2. The van der Waals surface area contributed by atoms with Crippen molar-refractivity contribution < 1.29 is 27.5 Å². The van der Waals surface area contributed by atoms with Crippen LogP contribution in [0.5, 0.6) is 0 Å². The standard InChI is InChI=1S/C25H24F3N5O3/c1-16-19(17(2)33(31-16)13-18-8-4-3-5-9-18)12-29-22(34)15-36-23(35)14-32-21-11-7-6-10-20(21)30-24(32)25(26,27)28/h3-11H,12-15H2,1-2H3,(H,29,34). The van der Waals surface area contributed by atoms with E-state index in [1.807, 2.05) is 48.9 Å².